The van der Waals surface area contributed by atoms with Crippen LogP contribution in [0.25, 0.3) is 0 Å². The summed E-state index contributed by atoms with van der Waals surface area (Å²) in [7, 11) is 0. The third-order valence-electron chi connectivity index (χ3n) is 3.10. The topological polar surface area (TPSA) is 75.6 Å². The molecule has 1 aromatic carbocycles. The lowest BCUT2D eigenvalue weighted by molar-refractivity contribution is -0.384. The van der Waals surface area contributed by atoms with Crippen LogP contribution in [0.2, 0.25) is 0 Å². The number of nitro benzene ring substituents is 1. The minimum Gasteiger partial charge on any atom is -0.358 e. The van der Waals surface area contributed by atoms with Crippen LogP contribution in [-0.4, -0.2) is 41.0 Å². The molecule has 2 N–H and O–H groups in total. The molecular weight excluding hydrogens is 244 g/mol. The fourth-order valence-electron chi connectivity index (χ4n) is 2.03. The van der Waals surface area contributed by atoms with Crippen LogP contribution >= 0.6 is 0 Å². The van der Waals surface area contributed by atoms with E-state index < -0.39 is 0 Å². The van der Waals surface area contributed by atoms with E-state index in [1.807, 2.05) is 18.3 Å². The summed E-state index contributed by atoms with van der Waals surface area (Å²) in [6, 6.07) is 6.73. The van der Waals surface area contributed by atoms with Crippen LogP contribution in [0, 0.1) is 10.1 Å². The zero-order chi connectivity index (χ0) is 13.7. The zero-order valence-corrected chi connectivity index (χ0v) is 10.7. The number of non-ortho nitro benzene ring substituents is 1. The van der Waals surface area contributed by atoms with E-state index in [4.69, 9.17) is 5.73 Å². The number of nitrogens with two attached hydrogens (primary N) is 1. The lowest BCUT2D eigenvalue weighted by Crippen LogP contribution is -2.30. The van der Waals surface area contributed by atoms with Gasteiger partial charge in [-0.2, -0.15) is 0 Å². The molecule has 0 saturated heterocycles. The molecule has 6 nitrogen and oxygen atoms in total. The van der Waals surface area contributed by atoms with E-state index in [0.717, 1.165) is 31.7 Å². The number of hydrogen-bond acceptors (Lipinski definition) is 5. The molecule has 1 aliphatic rings. The normalized spacial score (nSPS) is 14.2. The first-order valence-electron chi connectivity index (χ1n) is 6.29. The third kappa shape index (κ3) is 3.69. The fourth-order valence-corrected chi connectivity index (χ4v) is 2.03. The van der Waals surface area contributed by atoms with Crippen LogP contribution in [0.5, 0.6) is 0 Å². The maximum Gasteiger partial charge on any atom is 0.269 e. The van der Waals surface area contributed by atoms with Gasteiger partial charge in [-0.1, -0.05) is 12.1 Å². The maximum atomic E-state index is 10.5. The molecule has 6 heteroatoms. The molecule has 0 bridgehead atoms. The molecule has 0 unspecified atom stereocenters. The molecule has 1 aromatic rings. The number of hydrogen-bond donors (Lipinski definition) is 1. The van der Waals surface area contributed by atoms with E-state index in [2.05, 4.69) is 16.0 Å². The summed E-state index contributed by atoms with van der Waals surface area (Å²) in [6.07, 6.45) is 4.97. The second-order valence-electron chi connectivity index (χ2n) is 4.53. The highest BCUT2D eigenvalue weighted by Gasteiger charge is 2.11. The Hall–Kier alpha value is -2.08. The number of nitro groups is 1. The SMILES string of the molecule is NCCN1C=CN(CCc2ccc([N+](=O)[O-])cc2)C1. The Morgan fingerprint density at radius 3 is 2.37 bits per heavy atom. The van der Waals surface area contributed by atoms with Crippen molar-refractivity contribution in [3.63, 3.8) is 0 Å². The fraction of sp³-hybridized carbons (Fsp3) is 0.385. The Bertz CT molecular complexity index is 458. The highest BCUT2D eigenvalue weighted by atomic mass is 16.6. The molecule has 0 atom stereocenters. The molecule has 1 aliphatic heterocycles. The smallest absolute Gasteiger partial charge is 0.269 e. The van der Waals surface area contributed by atoms with Gasteiger partial charge in [0.2, 0.25) is 0 Å². The van der Waals surface area contributed by atoms with Crippen LogP contribution in [0.15, 0.2) is 36.7 Å². The van der Waals surface area contributed by atoms with Crippen LogP contribution in [-0.2, 0) is 6.42 Å². The Morgan fingerprint density at radius 1 is 1.16 bits per heavy atom. The zero-order valence-electron chi connectivity index (χ0n) is 10.7. The molecule has 1 heterocycles. The van der Waals surface area contributed by atoms with Gasteiger partial charge in [0.05, 0.1) is 11.6 Å². The van der Waals surface area contributed by atoms with Gasteiger partial charge in [0.15, 0.2) is 0 Å². The van der Waals surface area contributed by atoms with Gasteiger partial charge in [-0.15, -0.1) is 0 Å². The Kier molecular flexibility index (Phi) is 4.35. The molecule has 0 fully saturated rings. The molecule has 102 valence electrons. The number of benzene rings is 1. The van der Waals surface area contributed by atoms with Gasteiger partial charge >= 0.3 is 0 Å². The van der Waals surface area contributed by atoms with Crippen molar-refractivity contribution in [2.24, 2.45) is 5.73 Å². The highest BCUT2D eigenvalue weighted by Crippen LogP contribution is 2.13. The third-order valence-corrected chi connectivity index (χ3v) is 3.10. The van der Waals surface area contributed by atoms with Crippen LogP contribution < -0.4 is 5.73 Å². The average molecular weight is 262 g/mol. The van der Waals surface area contributed by atoms with Crippen molar-refractivity contribution >= 4 is 5.69 Å². The lowest BCUT2D eigenvalue weighted by Gasteiger charge is -2.20. The monoisotopic (exact) mass is 262 g/mol. The Morgan fingerprint density at radius 2 is 1.79 bits per heavy atom. The quantitative estimate of drug-likeness (QED) is 0.614. The van der Waals surface area contributed by atoms with Crippen molar-refractivity contribution in [3.8, 4) is 0 Å². The Labute approximate surface area is 112 Å². The van der Waals surface area contributed by atoms with E-state index in [9.17, 15) is 10.1 Å². The predicted octanol–water partition coefficient (Wildman–Crippen LogP) is 1.14. The largest absolute Gasteiger partial charge is 0.358 e. The number of nitrogens with zero attached hydrogens (tertiary/aromatic N) is 3. The van der Waals surface area contributed by atoms with E-state index in [1.165, 1.54) is 0 Å². The van der Waals surface area contributed by atoms with Gasteiger partial charge in [0.1, 0.15) is 0 Å². The van der Waals surface area contributed by atoms with Crippen LogP contribution in [0.4, 0.5) is 5.69 Å². The molecule has 0 spiro atoms. The van der Waals surface area contributed by atoms with Crippen molar-refractivity contribution in [3.05, 3.63) is 52.3 Å². The van der Waals surface area contributed by atoms with Crippen molar-refractivity contribution in [2.45, 2.75) is 6.42 Å². The first-order valence-corrected chi connectivity index (χ1v) is 6.29. The summed E-state index contributed by atoms with van der Waals surface area (Å²) >= 11 is 0. The van der Waals surface area contributed by atoms with Crippen LogP contribution in [0.3, 0.4) is 0 Å². The van der Waals surface area contributed by atoms with Gasteiger partial charge in [0.25, 0.3) is 5.69 Å². The van der Waals surface area contributed by atoms with Gasteiger partial charge < -0.3 is 15.5 Å². The van der Waals surface area contributed by atoms with E-state index >= 15 is 0 Å². The second-order valence-corrected chi connectivity index (χ2v) is 4.53. The first-order chi connectivity index (χ1) is 9.19. The van der Waals surface area contributed by atoms with Crippen molar-refractivity contribution in [2.75, 3.05) is 26.3 Å². The minimum absolute atomic E-state index is 0.138. The van der Waals surface area contributed by atoms with Gasteiger partial charge in [-0.3, -0.25) is 10.1 Å². The Balaban J connectivity index is 1.80. The molecule has 0 aliphatic carbocycles. The molecule has 0 saturated carbocycles. The molecule has 0 amide bonds. The summed E-state index contributed by atoms with van der Waals surface area (Å²) in [6.45, 7) is 3.28. The summed E-state index contributed by atoms with van der Waals surface area (Å²) < 4.78 is 0. The molecular formula is C13H18N4O2. The first kappa shape index (κ1) is 13.4. The maximum absolute atomic E-state index is 10.5. The lowest BCUT2D eigenvalue weighted by atomic mass is 10.1. The van der Waals surface area contributed by atoms with Gasteiger partial charge in [0, 0.05) is 44.2 Å². The van der Waals surface area contributed by atoms with Crippen LogP contribution in [0.1, 0.15) is 5.56 Å². The summed E-state index contributed by atoms with van der Waals surface area (Å²) in [4.78, 5) is 14.5. The molecule has 2 rings (SSSR count). The highest BCUT2D eigenvalue weighted by molar-refractivity contribution is 5.32. The van der Waals surface area contributed by atoms with Gasteiger partial charge in [-0.25, -0.2) is 0 Å². The minimum atomic E-state index is -0.377. The number of rotatable bonds is 6. The summed E-state index contributed by atoms with van der Waals surface area (Å²) in [5.41, 5.74) is 6.75. The summed E-state index contributed by atoms with van der Waals surface area (Å²) in [5.74, 6) is 0. The van der Waals surface area contributed by atoms with E-state index in [-0.39, 0.29) is 10.6 Å². The second kappa shape index (κ2) is 6.19. The summed E-state index contributed by atoms with van der Waals surface area (Å²) in [5, 5.41) is 10.5. The average Bonchev–Trinajstić information content (AvgIpc) is 2.85. The van der Waals surface area contributed by atoms with Crippen molar-refractivity contribution in [1.82, 2.24) is 9.80 Å². The van der Waals surface area contributed by atoms with Crippen molar-refractivity contribution in [1.29, 1.82) is 0 Å². The van der Waals surface area contributed by atoms with E-state index in [0.29, 0.717) is 6.54 Å². The predicted molar refractivity (Wildman–Crippen MR) is 73.3 cm³/mol. The molecule has 19 heavy (non-hydrogen) atoms. The molecule has 0 aromatic heterocycles. The van der Waals surface area contributed by atoms with Gasteiger partial charge in [-0.05, 0) is 12.0 Å². The molecule has 0 radical (unpaired) electrons. The van der Waals surface area contributed by atoms with Crippen molar-refractivity contribution < 1.29 is 4.92 Å². The van der Waals surface area contributed by atoms with E-state index in [1.54, 1.807) is 12.1 Å². The standard InChI is InChI=1S/C13H18N4O2/c14-6-8-16-10-9-15(11-16)7-5-12-1-3-13(4-2-12)17(18)19/h1-4,9-10H,5-8,11,14H2.